The van der Waals surface area contributed by atoms with Crippen molar-refractivity contribution < 1.29 is 9.84 Å². The highest BCUT2D eigenvalue weighted by Gasteiger charge is 2.16. The number of aromatic nitrogens is 2. The van der Waals surface area contributed by atoms with E-state index in [-0.39, 0.29) is 5.75 Å². The highest BCUT2D eigenvalue weighted by Crippen LogP contribution is 2.37. The molecule has 154 valence electrons. The molecule has 0 aliphatic carbocycles. The van der Waals surface area contributed by atoms with Crippen LogP contribution in [0.5, 0.6) is 11.5 Å². The van der Waals surface area contributed by atoms with Gasteiger partial charge in [0, 0.05) is 17.5 Å². The fourth-order valence-electron chi connectivity index (χ4n) is 3.33. The van der Waals surface area contributed by atoms with Crippen LogP contribution in [0, 0.1) is 0 Å². The molecule has 0 aliphatic rings. The minimum Gasteiger partial charge on any atom is -0.504 e. The third-order valence-corrected chi connectivity index (χ3v) is 5.60. The van der Waals surface area contributed by atoms with Gasteiger partial charge in [0.25, 0.3) is 0 Å². The maximum atomic E-state index is 10.1. The molecule has 0 amide bonds. The second kappa shape index (κ2) is 8.69. The van der Waals surface area contributed by atoms with E-state index in [1.54, 1.807) is 30.6 Å². The number of anilines is 1. The molecular formula is C23H24N4O2S. The van der Waals surface area contributed by atoms with Crippen LogP contribution in [-0.4, -0.2) is 41.2 Å². The molecule has 0 saturated heterocycles. The number of hydrogen-bond donors (Lipinski definition) is 2. The van der Waals surface area contributed by atoms with Crippen molar-refractivity contribution in [2.24, 2.45) is 0 Å². The Labute approximate surface area is 179 Å². The Hall–Kier alpha value is -3.16. The van der Waals surface area contributed by atoms with E-state index >= 15 is 0 Å². The standard InChI is InChI=1S/C23H24N4O2S/c1-27(2)13-20-25-22(24-12-15-9-10-19(29-3)18(28)11-15)21-17(14-30-23(21)26-20)16-7-5-4-6-8-16/h4-11,14,28H,12-13H2,1-3H3,(H,24,25,26). The van der Waals surface area contributed by atoms with Crippen LogP contribution in [-0.2, 0) is 13.1 Å². The molecule has 4 rings (SSSR count). The van der Waals surface area contributed by atoms with E-state index in [9.17, 15) is 5.11 Å². The molecule has 0 bridgehead atoms. The second-order valence-corrected chi connectivity index (χ2v) is 8.14. The topological polar surface area (TPSA) is 70.5 Å². The lowest BCUT2D eigenvalue weighted by Crippen LogP contribution is -2.14. The molecule has 2 N–H and O–H groups in total. The van der Waals surface area contributed by atoms with E-state index in [1.165, 1.54) is 0 Å². The van der Waals surface area contributed by atoms with Gasteiger partial charge >= 0.3 is 0 Å². The first-order valence-electron chi connectivity index (χ1n) is 9.63. The first-order valence-corrected chi connectivity index (χ1v) is 10.5. The molecular weight excluding hydrogens is 396 g/mol. The molecule has 2 aromatic carbocycles. The van der Waals surface area contributed by atoms with E-state index in [2.05, 4.69) is 27.7 Å². The predicted molar refractivity (Wildman–Crippen MR) is 122 cm³/mol. The van der Waals surface area contributed by atoms with Gasteiger partial charge in [-0.25, -0.2) is 9.97 Å². The number of benzene rings is 2. The number of nitrogens with zero attached hydrogens (tertiary/aromatic N) is 3. The molecule has 0 radical (unpaired) electrons. The summed E-state index contributed by atoms with van der Waals surface area (Å²) < 4.78 is 5.13. The molecule has 6 nitrogen and oxygen atoms in total. The minimum atomic E-state index is 0.124. The first-order chi connectivity index (χ1) is 14.5. The lowest BCUT2D eigenvalue weighted by molar-refractivity contribution is 0.373. The molecule has 0 saturated carbocycles. The number of rotatable bonds is 7. The zero-order chi connectivity index (χ0) is 21.1. The van der Waals surface area contributed by atoms with Crippen molar-refractivity contribution in [3.63, 3.8) is 0 Å². The van der Waals surface area contributed by atoms with Gasteiger partial charge < -0.3 is 20.1 Å². The molecule has 2 heterocycles. The van der Waals surface area contributed by atoms with Gasteiger partial charge in [0.1, 0.15) is 16.5 Å². The largest absolute Gasteiger partial charge is 0.504 e. The van der Waals surface area contributed by atoms with Gasteiger partial charge in [-0.2, -0.15) is 0 Å². The number of phenols is 1. The van der Waals surface area contributed by atoms with Gasteiger partial charge in [-0.3, -0.25) is 0 Å². The van der Waals surface area contributed by atoms with Crippen LogP contribution < -0.4 is 10.1 Å². The SMILES string of the molecule is COc1ccc(CNc2nc(CN(C)C)nc3scc(-c4ccccc4)c23)cc1O. The van der Waals surface area contributed by atoms with E-state index in [1.807, 2.05) is 38.4 Å². The van der Waals surface area contributed by atoms with Crippen LogP contribution in [0.3, 0.4) is 0 Å². The fourth-order valence-corrected chi connectivity index (χ4v) is 4.29. The third kappa shape index (κ3) is 4.22. The summed E-state index contributed by atoms with van der Waals surface area (Å²) in [5.41, 5.74) is 3.19. The first kappa shape index (κ1) is 20.1. The highest BCUT2D eigenvalue weighted by molar-refractivity contribution is 7.17. The maximum absolute atomic E-state index is 10.1. The monoisotopic (exact) mass is 420 g/mol. The lowest BCUT2D eigenvalue weighted by atomic mass is 10.1. The summed E-state index contributed by atoms with van der Waals surface area (Å²) in [5.74, 6) is 2.15. The van der Waals surface area contributed by atoms with Crippen molar-refractivity contribution in [3.8, 4) is 22.6 Å². The van der Waals surface area contributed by atoms with Crippen LogP contribution in [0.4, 0.5) is 5.82 Å². The number of thiophene rings is 1. The summed E-state index contributed by atoms with van der Waals surface area (Å²) >= 11 is 1.63. The van der Waals surface area contributed by atoms with Gasteiger partial charge in [-0.1, -0.05) is 36.4 Å². The summed E-state index contributed by atoms with van der Waals surface area (Å²) in [4.78, 5) is 12.6. The summed E-state index contributed by atoms with van der Waals surface area (Å²) in [6.45, 7) is 1.18. The molecule has 0 aliphatic heterocycles. The second-order valence-electron chi connectivity index (χ2n) is 7.28. The number of fused-ring (bicyclic) bond motifs is 1. The molecule has 7 heteroatoms. The van der Waals surface area contributed by atoms with Crippen molar-refractivity contribution in [1.29, 1.82) is 0 Å². The quantitative estimate of drug-likeness (QED) is 0.450. The third-order valence-electron chi connectivity index (χ3n) is 4.73. The van der Waals surface area contributed by atoms with E-state index in [0.29, 0.717) is 18.8 Å². The Morgan fingerprint density at radius 3 is 2.60 bits per heavy atom. The Bertz CT molecular complexity index is 1160. The summed E-state index contributed by atoms with van der Waals surface area (Å²) in [6.07, 6.45) is 0. The Balaban J connectivity index is 1.73. The zero-order valence-electron chi connectivity index (χ0n) is 17.2. The molecule has 0 fully saturated rings. The Morgan fingerprint density at radius 1 is 1.10 bits per heavy atom. The molecule has 30 heavy (non-hydrogen) atoms. The van der Waals surface area contributed by atoms with Gasteiger partial charge in [-0.15, -0.1) is 11.3 Å². The lowest BCUT2D eigenvalue weighted by Gasteiger charge is -2.13. The number of methoxy groups -OCH3 is 1. The molecule has 2 aromatic heterocycles. The molecule has 4 aromatic rings. The van der Waals surface area contributed by atoms with Gasteiger partial charge in [0.15, 0.2) is 11.5 Å². The Kier molecular flexibility index (Phi) is 5.83. The number of nitrogens with one attached hydrogen (secondary N) is 1. The van der Waals surface area contributed by atoms with Crippen LogP contribution in [0.2, 0.25) is 0 Å². The molecule has 0 spiro atoms. The Morgan fingerprint density at radius 2 is 1.90 bits per heavy atom. The molecule has 0 unspecified atom stereocenters. The average molecular weight is 421 g/mol. The van der Waals surface area contributed by atoms with Crippen molar-refractivity contribution in [1.82, 2.24) is 14.9 Å². The fraction of sp³-hybridized carbons (Fsp3) is 0.217. The number of ether oxygens (including phenoxy) is 1. The van der Waals surface area contributed by atoms with E-state index in [0.717, 1.165) is 38.5 Å². The predicted octanol–water partition coefficient (Wildman–Crippen LogP) is 4.75. The van der Waals surface area contributed by atoms with E-state index < -0.39 is 0 Å². The smallest absolute Gasteiger partial charge is 0.160 e. The van der Waals surface area contributed by atoms with Crippen LogP contribution >= 0.6 is 11.3 Å². The summed E-state index contributed by atoms with van der Waals surface area (Å²) in [7, 11) is 5.55. The summed E-state index contributed by atoms with van der Waals surface area (Å²) in [5, 5.41) is 16.7. The van der Waals surface area contributed by atoms with Crippen LogP contribution in [0.15, 0.2) is 53.9 Å². The van der Waals surface area contributed by atoms with Crippen LogP contribution in [0.25, 0.3) is 21.3 Å². The number of aromatic hydroxyl groups is 1. The van der Waals surface area contributed by atoms with Crippen molar-refractivity contribution in [2.75, 3.05) is 26.5 Å². The number of phenolic OH excluding ortho intramolecular Hbond substituents is 1. The van der Waals surface area contributed by atoms with Crippen LogP contribution in [0.1, 0.15) is 11.4 Å². The summed E-state index contributed by atoms with van der Waals surface area (Å²) in [6, 6.07) is 15.7. The minimum absolute atomic E-state index is 0.124. The van der Waals surface area contributed by atoms with Crippen molar-refractivity contribution in [3.05, 3.63) is 65.3 Å². The highest BCUT2D eigenvalue weighted by atomic mass is 32.1. The number of hydrogen-bond acceptors (Lipinski definition) is 7. The van der Waals surface area contributed by atoms with E-state index in [4.69, 9.17) is 14.7 Å². The van der Waals surface area contributed by atoms with Gasteiger partial charge in [0.05, 0.1) is 19.0 Å². The normalized spacial score (nSPS) is 11.2. The van der Waals surface area contributed by atoms with Gasteiger partial charge in [-0.05, 0) is 37.4 Å². The maximum Gasteiger partial charge on any atom is 0.160 e. The van der Waals surface area contributed by atoms with Crippen molar-refractivity contribution >= 4 is 27.4 Å². The van der Waals surface area contributed by atoms with Gasteiger partial charge in [0.2, 0.25) is 0 Å². The van der Waals surface area contributed by atoms with Crippen molar-refractivity contribution in [2.45, 2.75) is 13.1 Å². The molecule has 0 atom stereocenters. The zero-order valence-corrected chi connectivity index (χ0v) is 18.0. The average Bonchev–Trinajstić information content (AvgIpc) is 3.16.